The van der Waals surface area contributed by atoms with Gasteiger partial charge in [0.1, 0.15) is 23.1 Å². The number of carbonyl (C=O) groups excluding carboxylic acids is 1. The van der Waals surface area contributed by atoms with Gasteiger partial charge in [0.25, 0.3) is 5.91 Å². The zero-order valence-electron chi connectivity index (χ0n) is 18.2. The smallest absolute Gasteiger partial charge is 0.326 e. The summed E-state index contributed by atoms with van der Waals surface area (Å²) in [6.07, 6.45) is 0.132. The van der Waals surface area contributed by atoms with E-state index in [4.69, 9.17) is 13.9 Å². The molecule has 1 aromatic heterocycles. The monoisotopic (exact) mass is 445 g/mol. The molecule has 3 aromatic carbocycles. The van der Waals surface area contributed by atoms with Crippen molar-refractivity contribution in [2.75, 3.05) is 14.2 Å². The summed E-state index contributed by atoms with van der Waals surface area (Å²) in [5, 5.41) is 12.9. The number of rotatable bonds is 8. The summed E-state index contributed by atoms with van der Waals surface area (Å²) >= 11 is 0. The van der Waals surface area contributed by atoms with Crippen molar-refractivity contribution in [3.63, 3.8) is 0 Å². The minimum Gasteiger partial charge on any atom is -0.497 e. The molecule has 0 radical (unpaired) electrons. The largest absolute Gasteiger partial charge is 0.497 e. The van der Waals surface area contributed by atoms with E-state index >= 15 is 0 Å². The highest BCUT2D eigenvalue weighted by Crippen LogP contribution is 2.25. The third-order valence-corrected chi connectivity index (χ3v) is 5.35. The molecule has 33 heavy (non-hydrogen) atoms. The molecule has 0 aliphatic rings. The van der Waals surface area contributed by atoms with Crippen molar-refractivity contribution in [1.82, 2.24) is 5.32 Å². The van der Waals surface area contributed by atoms with Crippen molar-refractivity contribution >= 4 is 22.8 Å². The van der Waals surface area contributed by atoms with Crippen LogP contribution in [0.1, 0.15) is 16.1 Å². The maximum absolute atomic E-state index is 12.7. The molecule has 1 heterocycles. The Bertz CT molecular complexity index is 1290. The molecule has 0 spiro atoms. The van der Waals surface area contributed by atoms with E-state index in [0.717, 1.165) is 22.4 Å². The van der Waals surface area contributed by atoms with Crippen LogP contribution in [0.2, 0.25) is 0 Å². The Morgan fingerprint density at radius 3 is 2.33 bits per heavy atom. The van der Waals surface area contributed by atoms with E-state index in [1.54, 1.807) is 38.5 Å². The number of amides is 1. The van der Waals surface area contributed by atoms with Crippen LogP contribution in [0, 0.1) is 0 Å². The first-order valence-electron chi connectivity index (χ1n) is 10.3. The molecule has 168 valence electrons. The van der Waals surface area contributed by atoms with Gasteiger partial charge < -0.3 is 24.3 Å². The topological polar surface area (TPSA) is 98.0 Å². The van der Waals surface area contributed by atoms with Crippen LogP contribution in [0.15, 0.2) is 77.2 Å². The van der Waals surface area contributed by atoms with Gasteiger partial charge in [0.15, 0.2) is 5.76 Å². The van der Waals surface area contributed by atoms with Gasteiger partial charge in [0.2, 0.25) is 0 Å². The SMILES string of the molecule is COc1cccc(-c2ccc(C[C@H](NC(=O)c3cc4cc(OC)ccc4o3)C(=O)O)cc2)c1. The normalized spacial score (nSPS) is 11.7. The van der Waals surface area contributed by atoms with Crippen molar-refractivity contribution < 1.29 is 28.6 Å². The number of carboxylic acid groups (broad SMARTS) is 1. The van der Waals surface area contributed by atoms with E-state index < -0.39 is 17.9 Å². The molecule has 1 atom stereocenters. The number of hydrogen-bond donors (Lipinski definition) is 2. The molecule has 4 rings (SSSR count). The van der Waals surface area contributed by atoms with Crippen LogP contribution < -0.4 is 14.8 Å². The van der Waals surface area contributed by atoms with Gasteiger partial charge in [0.05, 0.1) is 14.2 Å². The predicted molar refractivity (Wildman–Crippen MR) is 124 cm³/mol. The standard InChI is InChI=1S/C26H23NO6/c1-31-20-5-3-4-18(13-20)17-8-6-16(7-9-17)12-22(26(29)30)27-25(28)24-15-19-14-21(32-2)10-11-23(19)33-24/h3-11,13-15,22H,12H2,1-2H3,(H,27,28)(H,29,30)/t22-/m0/s1. The minimum absolute atomic E-state index is 0.0397. The summed E-state index contributed by atoms with van der Waals surface area (Å²) < 4.78 is 16.0. The quantitative estimate of drug-likeness (QED) is 0.413. The average molecular weight is 445 g/mol. The second-order valence-corrected chi connectivity index (χ2v) is 7.51. The third-order valence-electron chi connectivity index (χ3n) is 5.35. The Morgan fingerprint density at radius 1 is 0.909 bits per heavy atom. The number of carbonyl (C=O) groups is 2. The number of ether oxygens (including phenoxy) is 2. The number of furan rings is 1. The molecule has 0 unspecified atom stereocenters. The van der Waals surface area contributed by atoms with Crippen LogP contribution in [0.4, 0.5) is 0 Å². The first-order valence-corrected chi connectivity index (χ1v) is 10.3. The zero-order valence-corrected chi connectivity index (χ0v) is 18.2. The number of benzene rings is 3. The molecule has 0 aliphatic heterocycles. The molecule has 4 aromatic rings. The average Bonchev–Trinajstić information content (AvgIpc) is 3.27. The lowest BCUT2D eigenvalue weighted by Gasteiger charge is -2.14. The van der Waals surface area contributed by atoms with Gasteiger partial charge in [-0.1, -0.05) is 36.4 Å². The molecule has 7 nitrogen and oxygen atoms in total. The fourth-order valence-corrected chi connectivity index (χ4v) is 3.56. The van der Waals surface area contributed by atoms with E-state index in [1.807, 2.05) is 48.5 Å². The lowest BCUT2D eigenvalue weighted by Crippen LogP contribution is -2.42. The number of carboxylic acids is 1. The van der Waals surface area contributed by atoms with E-state index in [0.29, 0.717) is 16.7 Å². The summed E-state index contributed by atoms with van der Waals surface area (Å²) in [5.74, 6) is -0.285. The van der Waals surface area contributed by atoms with Crippen molar-refractivity contribution in [1.29, 1.82) is 0 Å². The summed E-state index contributed by atoms with van der Waals surface area (Å²) in [6, 6.07) is 20.8. The van der Waals surface area contributed by atoms with Crippen LogP contribution >= 0.6 is 0 Å². The molecule has 0 saturated carbocycles. The fraction of sp³-hybridized carbons (Fsp3) is 0.154. The van der Waals surface area contributed by atoms with E-state index in [9.17, 15) is 14.7 Å². The van der Waals surface area contributed by atoms with Gasteiger partial charge >= 0.3 is 5.97 Å². The van der Waals surface area contributed by atoms with E-state index in [-0.39, 0.29) is 12.2 Å². The minimum atomic E-state index is -1.13. The lowest BCUT2D eigenvalue weighted by atomic mass is 10.0. The first-order chi connectivity index (χ1) is 16.0. The van der Waals surface area contributed by atoms with Crippen molar-refractivity contribution in [3.05, 3.63) is 84.1 Å². The molecule has 1 amide bonds. The molecule has 7 heteroatoms. The summed E-state index contributed by atoms with van der Waals surface area (Å²) in [5.41, 5.74) is 3.27. The highest BCUT2D eigenvalue weighted by molar-refractivity contribution is 5.98. The second-order valence-electron chi connectivity index (χ2n) is 7.51. The molecular formula is C26H23NO6. The molecule has 2 N–H and O–H groups in total. The van der Waals surface area contributed by atoms with Crippen LogP contribution in [0.25, 0.3) is 22.1 Å². The highest BCUT2D eigenvalue weighted by atomic mass is 16.5. The Labute approximate surface area is 190 Å². The predicted octanol–water partition coefficient (Wildman–Crippen LogP) is 4.54. The molecule has 0 bridgehead atoms. The summed E-state index contributed by atoms with van der Waals surface area (Å²) in [7, 11) is 3.17. The van der Waals surface area contributed by atoms with Crippen molar-refractivity contribution in [2.24, 2.45) is 0 Å². The second kappa shape index (κ2) is 9.48. The van der Waals surface area contributed by atoms with Crippen molar-refractivity contribution in [3.8, 4) is 22.6 Å². The van der Waals surface area contributed by atoms with Gasteiger partial charge in [-0.2, -0.15) is 0 Å². The van der Waals surface area contributed by atoms with Gasteiger partial charge in [-0.3, -0.25) is 4.79 Å². The number of methoxy groups -OCH3 is 2. The van der Waals surface area contributed by atoms with Crippen LogP contribution in [0.3, 0.4) is 0 Å². The first kappa shape index (κ1) is 22.0. The van der Waals surface area contributed by atoms with Crippen LogP contribution in [0.5, 0.6) is 11.5 Å². The van der Waals surface area contributed by atoms with E-state index in [1.165, 1.54) is 0 Å². The molecule has 0 aliphatic carbocycles. The Morgan fingerprint density at radius 2 is 1.64 bits per heavy atom. The number of hydrogen-bond acceptors (Lipinski definition) is 5. The van der Waals surface area contributed by atoms with Crippen LogP contribution in [-0.2, 0) is 11.2 Å². The zero-order chi connectivity index (χ0) is 23.4. The molecular weight excluding hydrogens is 422 g/mol. The fourth-order valence-electron chi connectivity index (χ4n) is 3.56. The maximum atomic E-state index is 12.7. The Balaban J connectivity index is 1.47. The lowest BCUT2D eigenvalue weighted by molar-refractivity contribution is -0.139. The number of fused-ring (bicyclic) bond motifs is 1. The van der Waals surface area contributed by atoms with Gasteiger partial charge in [-0.05, 0) is 53.1 Å². The van der Waals surface area contributed by atoms with Crippen molar-refractivity contribution in [2.45, 2.75) is 12.5 Å². The van der Waals surface area contributed by atoms with Gasteiger partial charge in [-0.25, -0.2) is 4.79 Å². The molecule has 0 saturated heterocycles. The maximum Gasteiger partial charge on any atom is 0.326 e. The number of aliphatic carboxylic acids is 1. The van der Waals surface area contributed by atoms with Crippen LogP contribution in [-0.4, -0.2) is 37.2 Å². The summed E-state index contributed by atoms with van der Waals surface area (Å²) in [4.78, 5) is 24.5. The Hall–Kier alpha value is -4.26. The van der Waals surface area contributed by atoms with Gasteiger partial charge in [-0.15, -0.1) is 0 Å². The van der Waals surface area contributed by atoms with E-state index in [2.05, 4.69) is 5.32 Å². The highest BCUT2D eigenvalue weighted by Gasteiger charge is 2.23. The molecule has 0 fully saturated rings. The summed E-state index contributed by atoms with van der Waals surface area (Å²) in [6.45, 7) is 0. The number of nitrogens with one attached hydrogen (secondary N) is 1. The Kier molecular flexibility index (Phi) is 6.31. The third kappa shape index (κ3) is 4.98. The van der Waals surface area contributed by atoms with Gasteiger partial charge in [0, 0.05) is 11.8 Å².